The number of benzene rings is 2. The Labute approximate surface area is 158 Å². The summed E-state index contributed by atoms with van der Waals surface area (Å²) in [6, 6.07) is 11.1. The van der Waals surface area contributed by atoms with Gasteiger partial charge >= 0.3 is 0 Å². The third-order valence-corrected chi connectivity index (χ3v) is 6.30. The molecule has 2 N–H and O–H groups in total. The van der Waals surface area contributed by atoms with E-state index in [1.54, 1.807) is 24.3 Å². The molecular formula is C14H10I3NO2. The molecule has 0 bridgehead atoms. The van der Waals surface area contributed by atoms with Crippen LogP contribution in [0.15, 0.2) is 36.4 Å². The molecule has 0 radical (unpaired) electrons. The summed E-state index contributed by atoms with van der Waals surface area (Å²) in [7, 11) is 0. The van der Waals surface area contributed by atoms with Gasteiger partial charge in [-0.2, -0.15) is 0 Å². The third kappa shape index (κ3) is 4.04. The normalized spacial score (nSPS) is 10.4. The Hall–Kier alpha value is 0.0600. The summed E-state index contributed by atoms with van der Waals surface area (Å²) in [5, 5.41) is 11.9. The minimum Gasteiger partial charge on any atom is -0.392 e. The van der Waals surface area contributed by atoms with Crippen molar-refractivity contribution in [1.82, 2.24) is 0 Å². The number of aliphatic hydroxyl groups is 1. The molecule has 3 nitrogen and oxygen atoms in total. The lowest BCUT2D eigenvalue weighted by molar-refractivity contribution is 0.102. The fourth-order valence-electron chi connectivity index (χ4n) is 1.61. The Morgan fingerprint density at radius 1 is 1.10 bits per heavy atom. The van der Waals surface area contributed by atoms with Crippen LogP contribution in [0.3, 0.4) is 0 Å². The van der Waals surface area contributed by atoms with E-state index in [9.17, 15) is 4.79 Å². The second kappa shape index (κ2) is 7.36. The second-order valence-electron chi connectivity index (χ2n) is 4.06. The van der Waals surface area contributed by atoms with E-state index < -0.39 is 0 Å². The lowest BCUT2D eigenvalue weighted by Gasteiger charge is -2.09. The molecule has 1 amide bonds. The highest BCUT2D eigenvalue weighted by Crippen LogP contribution is 2.23. The van der Waals surface area contributed by atoms with Gasteiger partial charge < -0.3 is 10.4 Å². The molecule has 0 aliphatic carbocycles. The molecule has 2 aromatic rings. The summed E-state index contributed by atoms with van der Waals surface area (Å²) in [5.74, 6) is -0.123. The zero-order chi connectivity index (χ0) is 14.7. The highest BCUT2D eigenvalue weighted by molar-refractivity contribution is 14.1. The lowest BCUT2D eigenvalue weighted by atomic mass is 10.2. The molecule has 0 heterocycles. The van der Waals surface area contributed by atoms with Crippen LogP contribution < -0.4 is 5.32 Å². The molecule has 0 unspecified atom stereocenters. The largest absolute Gasteiger partial charge is 0.392 e. The Balaban J connectivity index is 2.23. The van der Waals surface area contributed by atoms with Crippen LogP contribution in [0.5, 0.6) is 0 Å². The fraction of sp³-hybridized carbons (Fsp3) is 0.0714. The predicted molar refractivity (Wildman–Crippen MR) is 105 cm³/mol. The van der Waals surface area contributed by atoms with Crippen molar-refractivity contribution in [3.05, 3.63) is 58.2 Å². The Bertz CT molecular complexity index is 642. The number of hydrogen-bond acceptors (Lipinski definition) is 2. The van der Waals surface area contributed by atoms with Gasteiger partial charge in [0.05, 0.1) is 12.2 Å². The van der Waals surface area contributed by atoms with Gasteiger partial charge in [0.1, 0.15) is 0 Å². The number of rotatable bonds is 3. The molecule has 2 rings (SSSR count). The summed E-state index contributed by atoms with van der Waals surface area (Å²) in [6.07, 6.45) is 0. The van der Waals surface area contributed by atoms with Crippen molar-refractivity contribution >= 4 is 79.4 Å². The minimum absolute atomic E-state index is 0.00119. The fourth-order valence-corrected chi connectivity index (χ4v) is 4.01. The first-order valence-electron chi connectivity index (χ1n) is 5.67. The smallest absolute Gasteiger partial charge is 0.256 e. The third-order valence-electron chi connectivity index (χ3n) is 2.63. The van der Waals surface area contributed by atoms with E-state index in [1.165, 1.54) is 0 Å². The summed E-state index contributed by atoms with van der Waals surface area (Å²) in [4.78, 5) is 12.3. The molecule has 6 heteroatoms. The first kappa shape index (κ1) is 16.4. The number of carbonyl (C=O) groups excluding carboxylic acids is 1. The molecular weight excluding hydrogens is 595 g/mol. The zero-order valence-corrected chi connectivity index (χ0v) is 16.6. The molecule has 0 saturated heterocycles. The van der Waals surface area contributed by atoms with Crippen LogP contribution in [-0.4, -0.2) is 11.0 Å². The van der Waals surface area contributed by atoms with Crippen molar-refractivity contribution in [3.63, 3.8) is 0 Å². The highest BCUT2D eigenvalue weighted by atomic mass is 127. The maximum absolute atomic E-state index is 12.3. The van der Waals surface area contributed by atoms with E-state index in [-0.39, 0.29) is 12.5 Å². The molecule has 2 aromatic carbocycles. The standard InChI is InChI=1S/C14H10I3NO2/c15-9-5-11(13(17)12(16)6-9)14(20)18-10-3-1-8(7-19)2-4-10/h1-6,19H,7H2,(H,18,20). The van der Waals surface area contributed by atoms with Gasteiger partial charge in [0.2, 0.25) is 0 Å². The van der Waals surface area contributed by atoms with Crippen molar-refractivity contribution in [3.8, 4) is 0 Å². The van der Waals surface area contributed by atoms with Crippen LogP contribution in [0.4, 0.5) is 5.69 Å². The molecule has 104 valence electrons. The van der Waals surface area contributed by atoms with Crippen LogP contribution in [0, 0.1) is 10.7 Å². The van der Waals surface area contributed by atoms with Crippen molar-refractivity contribution < 1.29 is 9.90 Å². The van der Waals surface area contributed by atoms with Crippen LogP contribution in [0.2, 0.25) is 0 Å². The number of aliphatic hydroxyl groups excluding tert-OH is 1. The van der Waals surface area contributed by atoms with Gasteiger partial charge in [0.15, 0.2) is 0 Å². The Morgan fingerprint density at radius 3 is 2.35 bits per heavy atom. The summed E-state index contributed by atoms with van der Waals surface area (Å²) < 4.78 is 3.05. The van der Waals surface area contributed by atoms with Crippen molar-refractivity contribution in [2.75, 3.05) is 5.32 Å². The van der Waals surface area contributed by atoms with Gasteiger partial charge in [0.25, 0.3) is 5.91 Å². The van der Waals surface area contributed by atoms with E-state index in [0.717, 1.165) is 22.0 Å². The van der Waals surface area contributed by atoms with Crippen LogP contribution in [0.1, 0.15) is 15.9 Å². The molecule has 0 aliphatic rings. The van der Waals surface area contributed by atoms with Crippen LogP contribution in [-0.2, 0) is 6.61 Å². The van der Waals surface area contributed by atoms with E-state index in [0.29, 0.717) is 5.56 Å². The maximum atomic E-state index is 12.3. The average Bonchev–Trinajstić information content (AvgIpc) is 2.43. The van der Waals surface area contributed by atoms with E-state index in [4.69, 9.17) is 5.11 Å². The predicted octanol–water partition coefficient (Wildman–Crippen LogP) is 4.25. The van der Waals surface area contributed by atoms with Gasteiger partial charge in [-0.05, 0) is 97.6 Å². The van der Waals surface area contributed by atoms with Gasteiger partial charge in [-0.3, -0.25) is 4.79 Å². The van der Waals surface area contributed by atoms with Gasteiger partial charge in [-0.1, -0.05) is 12.1 Å². The lowest BCUT2D eigenvalue weighted by Crippen LogP contribution is -2.14. The quantitative estimate of drug-likeness (QED) is 0.407. The number of amides is 1. The van der Waals surface area contributed by atoms with Crippen molar-refractivity contribution in [2.24, 2.45) is 0 Å². The molecule has 20 heavy (non-hydrogen) atoms. The molecule has 0 saturated carbocycles. The molecule has 0 atom stereocenters. The van der Waals surface area contributed by atoms with Crippen LogP contribution in [0.25, 0.3) is 0 Å². The Kier molecular flexibility index (Phi) is 6.05. The highest BCUT2D eigenvalue weighted by Gasteiger charge is 2.13. The van der Waals surface area contributed by atoms with E-state index >= 15 is 0 Å². The first-order chi connectivity index (χ1) is 9.51. The molecule has 0 fully saturated rings. The van der Waals surface area contributed by atoms with E-state index in [1.807, 2.05) is 12.1 Å². The number of nitrogens with one attached hydrogen (secondary N) is 1. The SMILES string of the molecule is O=C(Nc1ccc(CO)cc1)c1cc(I)cc(I)c1I. The number of anilines is 1. The molecule has 0 spiro atoms. The number of halogens is 3. The second-order valence-corrected chi connectivity index (χ2v) is 7.54. The molecule has 0 aromatic heterocycles. The maximum Gasteiger partial charge on any atom is 0.256 e. The van der Waals surface area contributed by atoms with Crippen molar-refractivity contribution in [2.45, 2.75) is 6.61 Å². The van der Waals surface area contributed by atoms with Gasteiger partial charge in [0, 0.05) is 16.4 Å². The summed E-state index contributed by atoms with van der Waals surface area (Å²) in [6.45, 7) is 0.00119. The van der Waals surface area contributed by atoms with E-state index in [2.05, 4.69) is 73.1 Å². The monoisotopic (exact) mass is 605 g/mol. The number of carbonyl (C=O) groups is 1. The van der Waals surface area contributed by atoms with Gasteiger partial charge in [-0.15, -0.1) is 0 Å². The summed E-state index contributed by atoms with van der Waals surface area (Å²) >= 11 is 6.62. The number of hydrogen-bond donors (Lipinski definition) is 2. The topological polar surface area (TPSA) is 49.3 Å². The first-order valence-corrected chi connectivity index (χ1v) is 8.90. The van der Waals surface area contributed by atoms with Gasteiger partial charge in [-0.25, -0.2) is 0 Å². The summed E-state index contributed by atoms with van der Waals surface area (Å²) in [5.41, 5.74) is 2.21. The average molecular weight is 605 g/mol. The zero-order valence-electron chi connectivity index (χ0n) is 10.2. The van der Waals surface area contributed by atoms with Crippen molar-refractivity contribution in [1.29, 1.82) is 0 Å². The molecule has 0 aliphatic heterocycles. The Morgan fingerprint density at radius 2 is 1.75 bits per heavy atom. The minimum atomic E-state index is -0.123. The van der Waals surface area contributed by atoms with Crippen LogP contribution >= 0.6 is 67.8 Å².